The molecule has 0 atom stereocenters. The first-order chi connectivity index (χ1) is 6.47. The quantitative estimate of drug-likeness (QED) is 0.621. The van der Waals surface area contributed by atoms with E-state index in [1.54, 1.807) is 0 Å². The second-order valence-electron chi connectivity index (χ2n) is 5.51. The Morgan fingerprint density at radius 3 is 1.86 bits per heavy atom. The van der Waals surface area contributed by atoms with Crippen LogP contribution in [0.4, 0.5) is 0 Å². The molecule has 0 unspecified atom stereocenters. The summed E-state index contributed by atoms with van der Waals surface area (Å²) in [5, 5.41) is 0. The average molecular weight is 199 g/mol. The first kappa shape index (κ1) is 14.0. The van der Waals surface area contributed by atoms with E-state index >= 15 is 0 Å². The maximum Gasteiger partial charge on any atom is -0.00191 e. The van der Waals surface area contributed by atoms with Crippen molar-refractivity contribution in [1.82, 2.24) is 4.90 Å². The Bertz CT molecular complexity index is 127. The first-order valence-electron chi connectivity index (χ1n) is 6.16. The van der Waals surface area contributed by atoms with Gasteiger partial charge in [-0.05, 0) is 50.7 Å². The maximum atomic E-state index is 2.44. The van der Waals surface area contributed by atoms with Crippen molar-refractivity contribution in [2.45, 2.75) is 53.9 Å². The molecule has 0 aromatic heterocycles. The third-order valence-electron chi connectivity index (χ3n) is 2.74. The summed E-state index contributed by atoms with van der Waals surface area (Å²) in [5.41, 5.74) is 0.528. The van der Waals surface area contributed by atoms with Crippen LogP contribution in [-0.2, 0) is 0 Å². The summed E-state index contributed by atoms with van der Waals surface area (Å²) in [4.78, 5) is 2.44. The molecule has 0 spiro atoms. The average Bonchev–Trinajstić information content (AvgIpc) is 2.10. The Morgan fingerprint density at radius 2 is 1.50 bits per heavy atom. The Labute approximate surface area is 90.9 Å². The minimum atomic E-state index is 0.528. The Balaban J connectivity index is 0.000000791. The molecule has 1 aliphatic rings. The fraction of sp³-hybridized carbons (Fsp3) is 1.00. The minimum Gasteiger partial charge on any atom is -0.306 e. The van der Waals surface area contributed by atoms with E-state index in [1.165, 1.54) is 32.4 Å². The molecule has 0 aromatic rings. The van der Waals surface area contributed by atoms with E-state index in [0.29, 0.717) is 5.41 Å². The van der Waals surface area contributed by atoms with Crippen LogP contribution in [0.15, 0.2) is 0 Å². The Morgan fingerprint density at radius 1 is 1.07 bits per heavy atom. The molecule has 1 saturated heterocycles. The van der Waals surface area contributed by atoms with Crippen molar-refractivity contribution in [3.8, 4) is 0 Å². The molecule has 1 rings (SSSR count). The number of piperidine rings is 1. The highest BCUT2D eigenvalue weighted by Crippen LogP contribution is 2.30. The molecule has 1 nitrogen and oxygen atoms in total. The van der Waals surface area contributed by atoms with Crippen LogP contribution in [0.25, 0.3) is 0 Å². The summed E-state index contributed by atoms with van der Waals surface area (Å²) in [6, 6.07) is 0. The van der Waals surface area contributed by atoms with Crippen LogP contribution in [0.5, 0.6) is 0 Å². The fourth-order valence-electron chi connectivity index (χ4n) is 2.13. The lowest BCUT2D eigenvalue weighted by atomic mass is 9.80. The molecule has 14 heavy (non-hydrogen) atoms. The molecule has 0 aromatic carbocycles. The van der Waals surface area contributed by atoms with Gasteiger partial charge >= 0.3 is 0 Å². The summed E-state index contributed by atoms with van der Waals surface area (Å²) in [5.74, 6) is 0.987. The van der Waals surface area contributed by atoms with E-state index in [-0.39, 0.29) is 0 Å². The van der Waals surface area contributed by atoms with Crippen LogP contribution in [0.3, 0.4) is 0 Å². The monoisotopic (exact) mass is 199 g/mol. The molecule has 1 heterocycles. The first-order valence-corrected chi connectivity index (χ1v) is 6.16. The molecule has 1 fully saturated rings. The standard InChI is InChI=1S/C11H23N.C2H6/c1-11(2,3)9-10-5-7-12(4)8-6-10;1-2/h10H,5-9H2,1-4H3;1-2H3. The zero-order valence-electron chi connectivity index (χ0n) is 11.1. The molecule has 0 radical (unpaired) electrons. The molecule has 86 valence electrons. The van der Waals surface area contributed by atoms with Gasteiger partial charge in [0.2, 0.25) is 0 Å². The molecule has 0 aliphatic carbocycles. The zero-order valence-corrected chi connectivity index (χ0v) is 11.1. The van der Waals surface area contributed by atoms with Gasteiger partial charge in [0.15, 0.2) is 0 Å². The van der Waals surface area contributed by atoms with Gasteiger partial charge < -0.3 is 4.90 Å². The van der Waals surface area contributed by atoms with Gasteiger partial charge in [-0.15, -0.1) is 0 Å². The van der Waals surface area contributed by atoms with Crippen molar-refractivity contribution in [2.75, 3.05) is 20.1 Å². The number of hydrogen-bond donors (Lipinski definition) is 0. The lowest BCUT2D eigenvalue weighted by molar-refractivity contribution is 0.175. The molecule has 1 aliphatic heterocycles. The summed E-state index contributed by atoms with van der Waals surface area (Å²) in [6.45, 7) is 13.7. The van der Waals surface area contributed by atoms with Gasteiger partial charge in [0, 0.05) is 0 Å². The van der Waals surface area contributed by atoms with E-state index in [4.69, 9.17) is 0 Å². The topological polar surface area (TPSA) is 3.24 Å². The predicted molar refractivity (Wildman–Crippen MR) is 65.6 cm³/mol. The number of rotatable bonds is 1. The number of hydrogen-bond acceptors (Lipinski definition) is 1. The van der Waals surface area contributed by atoms with Crippen molar-refractivity contribution in [3.63, 3.8) is 0 Å². The van der Waals surface area contributed by atoms with E-state index < -0.39 is 0 Å². The molecule has 1 heteroatoms. The van der Waals surface area contributed by atoms with Crippen molar-refractivity contribution in [1.29, 1.82) is 0 Å². The van der Waals surface area contributed by atoms with E-state index in [2.05, 4.69) is 32.7 Å². The second-order valence-corrected chi connectivity index (χ2v) is 5.51. The van der Waals surface area contributed by atoms with E-state index in [9.17, 15) is 0 Å². The van der Waals surface area contributed by atoms with Gasteiger partial charge in [-0.25, -0.2) is 0 Å². The van der Waals surface area contributed by atoms with E-state index in [1.807, 2.05) is 13.8 Å². The maximum absolute atomic E-state index is 2.44. The van der Waals surface area contributed by atoms with Crippen molar-refractivity contribution >= 4 is 0 Å². The third kappa shape index (κ3) is 6.42. The summed E-state index contributed by atoms with van der Waals surface area (Å²) in [7, 11) is 2.23. The fourth-order valence-corrected chi connectivity index (χ4v) is 2.13. The van der Waals surface area contributed by atoms with Crippen LogP contribution < -0.4 is 0 Å². The SMILES string of the molecule is CC.CN1CCC(CC(C)(C)C)CC1. The molecule has 0 amide bonds. The Hall–Kier alpha value is -0.0400. The highest BCUT2D eigenvalue weighted by molar-refractivity contribution is 4.74. The van der Waals surface area contributed by atoms with Gasteiger partial charge in [-0.2, -0.15) is 0 Å². The third-order valence-corrected chi connectivity index (χ3v) is 2.74. The highest BCUT2D eigenvalue weighted by Gasteiger charge is 2.21. The molecular weight excluding hydrogens is 170 g/mol. The van der Waals surface area contributed by atoms with Gasteiger partial charge in [0.05, 0.1) is 0 Å². The normalized spacial score (nSPS) is 20.1. The van der Waals surface area contributed by atoms with Crippen LogP contribution in [0.2, 0.25) is 0 Å². The largest absolute Gasteiger partial charge is 0.306 e. The molecule has 0 N–H and O–H groups in total. The molecular formula is C13H29N. The van der Waals surface area contributed by atoms with Crippen LogP contribution in [0.1, 0.15) is 53.9 Å². The summed E-state index contributed by atoms with van der Waals surface area (Å²) >= 11 is 0. The van der Waals surface area contributed by atoms with Gasteiger partial charge in [0.25, 0.3) is 0 Å². The summed E-state index contributed by atoms with van der Waals surface area (Å²) in [6.07, 6.45) is 4.22. The van der Waals surface area contributed by atoms with Gasteiger partial charge in [-0.3, -0.25) is 0 Å². The van der Waals surface area contributed by atoms with Gasteiger partial charge in [0.1, 0.15) is 0 Å². The smallest absolute Gasteiger partial charge is 0.00191 e. The van der Waals surface area contributed by atoms with Crippen LogP contribution >= 0.6 is 0 Å². The van der Waals surface area contributed by atoms with Crippen LogP contribution in [-0.4, -0.2) is 25.0 Å². The predicted octanol–water partition coefficient (Wildman–Crippen LogP) is 3.79. The second kappa shape index (κ2) is 6.44. The minimum absolute atomic E-state index is 0.528. The number of likely N-dealkylation sites (tertiary alicyclic amines) is 1. The molecule has 0 saturated carbocycles. The van der Waals surface area contributed by atoms with Gasteiger partial charge in [-0.1, -0.05) is 34.6 Å². The number of nitrogens with zero attached hydrogens (tertiary/aromatic N) is 1. The summed E-state index contributed by atoms with van der Waals surface area (Å²) < 4.78 is 0. The zero-order chi connectivity index (χ0) is 11.2. The lowest BCUT2D eigenvalue weighted by Gasteiger charge is -2.32. The van der Waals surface area contributed by atoms with Crippen molar-refractivity contribution in [2.24, 2.45) is 11.3 Å². The van der Waals surface area contributed by atoms with E-state index in [0.717, 1.165) is 5.92 Å². The van der Waals surface area contributed by atoms with Crippen molar-refractivity contribution in [3.05, 3.63) is 0 Å². The Kier molecular flexibility index (Phi) is 6.43. The molecule has 0 bridgehead atoms. The lowest BCUT2D eigenvalue weighted by Crippen LogP contribution is -2.31. The van der Waals surface area contributed by atoms with Crippen molar-refractivity contribution < 1.29 is 0 Å². The van der Waals surface area contributed by atoms with Crippen LogP contribution in [0, 0.1) is 11.3 Å². The highest BCUT2D eigenvalue weighted by atomic mass is 15.1.